The summed E-state index contributed by atoms with van der Waals surface area (Å²) in [6, 6.07) is 9.86. The lowest BCUT2D eigenvalue weighted by Crippen LogP contribution is -2.48. The van der Waals surface area contributed by atoms with E-state index in [1.165, 1.54) is 0 Å². The predicted molar refractivity (Wildman–Crippen MR) is 76.0 cm³/mol. The molecule has 0 radical (unpaired) electrons. The summed E-state index contributed by atoms with van der Waals surface area (Å²) in [5, 5.41) is 3.85. The Morgan fingerprint density at radius 1 is 1.50 bits per heavy atom. The molecule has 0 aromatic heterocycles. The first-order chi connectivity index (χ1) is 8.66. The van der Waals surface area contributed by atoms with Crippen molar-refractivity contribution in [2.75, 3.05) is 17.7 Å². The molecule has 2 atom stereocenters. The van der Waals surface area contributed by atoms with E-state index in [1.54, 1.807) is 0 Å². The number of ether oxygens (including phenoxy) is 1. The Bertz CT molecular complexity index is 410. The van der Waals surface area contributed by atoms with Crippen LogP contribution in [0.1, 0.15) is 20.3 Å². The molecular formula is C14H19NO2S. The molecule has 98 valence electrons. The van der Waals surface area contributed by atoms with Crippen molar-refractivity contribution in [1.29, 1.82) is 0 Å². The van der Waals surface area contributed by atoms with Gasteiger partial charge in [0, 0.05) is 16.7 Å². The van der Waals surface area contributed by atoms with Crippen molar-refractivity contribution in [3.63, 3.8) is 0 Å². The van der Waals surface area contributed by atoms with E-state index in [9.17, 15) is 4.79 Å². The van der Waals surface area contributed by atoms with Gasteiger partial charge >= 0.3 is 5.97 Å². The number of para-hydroxylation sites is 1. The largest absolute Gasteiger partial charge is 0.464 e. The topological polar surface area (TPSA) is 38.3 Å². The average Bonchev–Trinajstić information content (AvgIpc) is 2.74. The lowest BCUT2D eigenvalue weighted by molar-refractivity contribution is -0.147. The number of carbonyl (C=O) groups excluding carboxylic acids is 1. The fourth-order valence-electron chi connectivity index (χ4n) is 2.24. The molecule has 3 nitrogen and oxygen atoms in total. The highest BCUT2D eigenvalue weighted by molar-refractivity contribution is 8.00. The van der Waals surface area contributed by atoms with Crippen LogP contribution in [-0.4, -0.2) is 29.1 Å². The number of carbonyl (C=O) groups is 1. The predicted octanol–water partition coefficient (Wildman–Crippen LogP) is 2.93. The van der Waals surface area contributed by atoms with Gasteiger partial charge in [0.05, 0.1) is 6.61 Å². The first kappa shape index (κ1) is 13.3. The van der Waals surface area contributed by atoms with Gasteiger partial charge in [-0.1, -0.05) is 25.1 Å². The first-order valence-corrected chi connectivity index (χ1v) is 7.33. The quantitative estimate of drug-likeness (QED) is 0.850. The number of anilines is 1. The smallest absolute Gasteiger partial charge is 0.332 e. The Morgan fingerprint density at radius 3 is 2.78 bits per heavy atom. The molecule has 1 aromatic carbocycles. The summed E-state index contributed by atoms with van der Waals surface area (Å²) >= 11 is 1.81. The zero-order valence-electron chi connectivity index (χ0n) is 10.8. The zero-order valence-corrected chi connectivity index (χ0v) is 11.6. The van der Waals surface area contributed by atoms with Gasteiger partial charge in [0.25, 0.3) is 0 Å². The van der Waals surface area contributed by atoms with Crippen LogP contribution in [0.3, 0.4) is 0 Å². The molecule has 0 aliphatic carbocycles. The lowest BCUT2D eigenvalue weighted by atomic mass is 9.95. The molecule has 0 bridgehead atoms. The number of hydrogen-bond donors (Lipinski definition) is 1. The van der Waals surface area contributed by atoms with Crippen LogP contribution in [0.5, 0.6) is 0 Å². The summed E-state index contributed by atoms with van der Waals surface area (Å²) < 4.78 is 5.23. The zero-order chi connectivity index (χ0) is 13.0. The Hall–Kier alpha value is -1.16. The van der Waals surface area contributed by atoms with Crippen molar-refractivity contribution in [3.05, 3.63) is 30.3 Å². The van der Waals surface area contributed by atoms with Gasteiger partial charge in [0.2, 0.25) is 0 Å². The minimum Gasteiger partial charge on any atom is -0.464 e. The van der Waals surface area contributed by atoms with E-state index >= 15 is 0 Å². The molecule has 18 heavy (non-hydrogen) atoms. The van der Waals surface area contributed by atoms with Crippen LogP contribution in [0.4, 0.5) is 5.69 Å². The van der Waals surface area contributed by atoms with Crippen molar-refractivity contribution in [2.45, 2.75) is 31.1 Å². The molecule has 1 saturated heterocycles. The standard InChI is InChI=1S/C14H19NO2S/c1-3-17-13(16)14(9-11(2)18-10-14)15-12-7-5-4-6-8-12/h4-8,11,15H,3,9-10H2,1-2H3. The Balaban J connectivity index is 2.18. The molecule has 2 unspecified atom stereocenters. The van der Waals surface area contributed by atoms with Crippen LogP contribution in [0.25, 0.3) is 0 Å². The van der Waals surface area contributed by atoms with Crippen LogP contribution in [-0.2, 0) is 9.53 Å². The van der Waals surface area contributed by atoms with Gasteiger partial charge in [-0.3, -0.25) is 0 Å². The molecule has 4 heteroatoms. The van der Waals surface area contributed by atoms with E-state index in [-0.39, 0.29) is 5.97 Å². The molecule has 0 spiro atoms. The number of rotatable bonds is 4. The molecule has 1 aliphatic rings. The minimum atomic E-state index is -0.568. The van der Waals surface area contributed by atoms with Gasteiger partial charge < -0.3 is 10.1 Å². The van der Waals surface area contributed by atoms with E-state index in [2.05, 4.69) is 12.2 Å². The Kier molecular flexibility index (Phi) is 4.17. The normalized spacial score (nSPS) is 26.9. The summed E-state index contributed by atoms with van der Waals surface area (Å²) in [4.78, 5) is 12.2. The summed E-state index contributed by atoms with van der Waals surface area (Å²) in [5.74, 6) is 0.632. The Labute approximate surface area is 112 Å². The molecule has 2 rings (SSSR count). The van der Waals surface area contributed by atoms with Gasteiger partial charge in [-0.25, -0.2) is 4.79 Å². The van der Waals surface area contributed by atoms with Gasteiger partial charge in [-0.2, -0.15) is 11.8 Å². The molecule has 1 N–H and O–H groups in total. The molecule has 1 heterocycles. The molecule has 1 aromatic rings. The maximum Gasteiger partial charge on any atom is 0.332 e. The second-order valence-corrected chi connectivity index (χ2v) is 6.05. The third-order valence-corrected chi connectivity index (χ3v) is 4.47. The van der Waals surface area contributed by atoms with Gasteiger partial charge in [0.15, 0.2) is 0 Å². The highest BCUT2D eigenvalue weighted by Gasteiger charge is 2.46. The molecule has 0 saturated carbocycles. The fourth-order valence-corrected chi connectivity index (χ4v) is 3.52. The van der Waals surface area contributed by atoms with Crippen molar-refractivity contribution >= 4 is 23.4 Å². The van der Waals surface area contributed by atoms with E-state index in [1.807, 2.05) is 49.0 Å². The second-order valence-electron chi connectivity index (χ2n) is 4.62. The van der Waals surface area contributed by atoms with Crippen molar-refractivity contribution in [2.24, 2.45) is 0 Å². The van der Waals surface area contributed by atoms with Crippen LogP contribution in [0, 0.1) is 0 Å². The van der Waals surface area contributed by atoms with Gasteiger partial charge in [-0.15, -0.1) is 0 Å². The highest BCUT2D eigenvalue weighted by Crippen LogP contribution is 2.37. The number of esters is 1. The maximum atomic E-state index is 12.2. The van der Waals surface area contributed by atoms with Gasteiger partial charge in [0.1, 0.15) is 5.54 Å². The maximum absolute atomic E-state index is 12.2. The summed E-state index contributed by atoms with van der Waals surface area (Å²) in [6.45, 7) is 4.42. The number of benzene rings is 1. The van der Waals surface area contributed by atoms with E-state index in [0.717, 1.165) is 17.9 Å². The van der Waals surface area contributed by atoms with Gasteiger partial charge in [-0.05, 0) is 25.5 Å². The van der Waals surface area contributed by atoms with Crippen molar-refractivity contribution in [3.8, 4) is 0 Å². The van der Waals surface area contributed by atoms with E-state index < -0.39 is 5.54 Å². The molecule has 1 aliphatic heterocycles. The monoisotopic (exact) mass is 265 g/mol. The first-order valence-electron chi connectivity index (χ1n) is 6.28. The summed E-state index contributed by atoms with van der Waals surface area (Å²) in [7, 11) is 0. The second kappa shape index (κ2) is 5.65. The number of nitrogens with one attached hydrogen (secondary N) is 1. The fraction of sp³-hybridized carbons (Fsp3) is 0.500. The van der Waals surface area contributed by atoms with Crippen LogP contribution in [0.15, 0.2) is 30.3 Å². The van der Waals surface area contributed by atoms with Crippen LogP contribution in [0.2, 0.25) is 0 Å². The summed E-state index contributed by atoms with van der Waals surface area (Å²) in [6.07, 6.45) is 0.811. The third-order valence-electron chi connectivity index (χ3n) is 3.07. The molecule has 0 amide bonds. The molecular weight excluding hydrogens is 246 g/mol. The molecule has 1 fully saturated rings. The number of thioether (sulfide) groups is 1. The Morgan fingerprint density at radius 2 is 2.22 bits per heavy atom. The van der Waals surface area contributed by atoms with E-state index in [0.29, 0.717) is 11.9 Å². The van der Waals surface area contributed by atoms with Crippen molar-refractivity contribution in [1.82, 2.24) is 0 Å². The highest BCUT2D eigenvalue weighted by atomic mass is 32.2. The lowest BCUT2D eigenvalue weighted by Gasteiger charge is -2.28. The van der Waals surface area contributed by atoms with Crippen LogP contribution >= 0.6 is 11.8 Å². The SMILES string of the molecule is CCOC(=O)C1(Nc2ccccc2)CSC(C)C1. The summed E-state index contributed by atoms with van der Waals surface area (Å²) in [5.41, 5.74) is 0.404. The minimum absolute atomic E-state index is 0.134. The average molecular weight is 265 g/mol. The van der Waals surface area contributed by atoms with Crippen molar-refractivity contribution < 1.29 is 9.53 Å². The van der Waals surface area contributed by atoms with E-state index in [4.69, 9.17) is 4.74 Å². The third kappa shape index (κ3) is 2.80. The number of hydrogen-bond acceptors (Lipinski definition) is 4. The van der Waals surface area contributed by atoms with Crippen LogP contribution < -0.4 is 5.32 Å².